The second-order valence-electron chi connectivity index (χ2n) is 6.49. The lowest BCUT2D eigenvalue weighted by atomic mass is 9.82. The fourth-order valence-electron chi connectivity index (χ4n) is 3.25. The van der Waals surface area contributed by atoms with Crippen LogP contribution >= 0.6 is 0 Å². The van der Waals surface area contributed by atoms with Gasteiger partial charge in [0.2, 0.25) is 0 Å². The van der Waals surface area contributed by atoms with E-state index >= 15 is 0 Å². The van der Waals surface area contributed by atoms with E-state index in [4.69, 9.17) is 5.41 Å². The monoisotopic (exact) mass is 338 g/mol. The van der Waals surface area contributed by atoms with E-state index in [1.54, 1.807) is 31.4 Å². The molecule has 2 rings (SSSR count). The summed E-state index contributed by atoms with van der Waals surface area (Å²) < 4.78 is 0. The number of hydrogen-bond acceptors (Lipinski definition) is 4. The van der Waals surface area contributed by atoms with Gasteiger partial charge in [0.05, 0.1) is 5.69 Å². The second kappa shape index (κ2) is 8.01. The predicted molar refractivity (Wildman–Crippen MR) is 103 cm³/mol. The topological polar surface area (TPSA) is 69.4 Å². The van der Waals surface area contributed by atoms with Gasteiger partial charge in [0.15, 0.2) is 5.78 Å². The average molecular weight is 338 g/mol. The molecule has 0 aromatic carbocycles. The predicted octanol–water partition coefficient (Wildman–Crippen LogP) is 3.35. The molecule has 5 nitrogen and oxygen atoms in total. The quantitative estimate of drug-likeness (QED) is 0.661. The molecular weight excluding hydrogens is 312 g/mol. The fraction of sp³-hybridized carbons (Fsp3) is 0.400. The van der Waals surface area contributed by atoms with Crippen LogP contribution in [-0.2, 0) is 12.8 Å². The molecule has 0 saturated heterocycles. The highest BCUT2D eigenvalue weighted by atomic mass is 16.1. The van der Waals surface area contributed by atoms with Gasteiger partial charge in [-0.05, 0) is 43.5 Å². The Bertz CT molecular complexity index is 761. The van der Waals surface area contributed by atoms with Gasteiger partial charge in [0.1, 0.15) is 5.84 Å². The largest absolute Gasteiger partial charge is 0.337 e. The molecule has 1 heterocycles. The molecule has 1 aliphatic rings. The van der Waals surface area contributed by atoms with Crippen molar-refractivity contribution in [2.75, 3.05) is 14.1 Å². The zero-order chi connectivity index (χ0) is 18.6. The minimum Gasteiger partial charge on any atom is -0.337 e. The van der Waals surface area contributed by atoms with Gasteiger partial charge < -0.3 is 4.90 Å². The van der Waals surface area contributed by atoms with Crippen LogP contribution in [0, 0.1) is 18.3 Å². The summed E-state index contributed by atoms with van der Waals surface area (Å²) in [5.74, 6) is 0.745. The first-order chi connectivity index (χ1) is 11.9. The highest BCUT2D eigenvalue weighted by Gasteiger charge is 2.30. The molecule has 1 unspecified atom stereocenters. The molecule has 1 N–H and O–H groups in total. The number of aromatic nitrogens is 1. The van der Waals surface area contributed by atoms with Gasteiger partial charge >= 0.3 is 0 Å². The highest BCUT2D eigenvalue weighted by Crippen LogP contribution is 2.31. The lowest BCUT2D eigenvalue weighted by Gasteiger charge is -2.26. The molecular formula is C20H26N4O. The number of allylic oxidation sites excluding steroid dienone is 2. The third kappa shape index (κ3) is 3.92. The number of nitrogens with one attached hydrogen (secondary N) is 1. The number of amidine groups is 1. The Hall–Kier alpha value is -2.56. The van der Waals surface area contributed by atoms with Crippen LogP contribution in [0.15, 0.2) is 29.9 Å². The minimum atomic E-state index is 0.129. The van der Waals surface area contributed by atoms with Crippen LogP contribution in [0.25, 0.3) is 0 Å². The van der Waals surface area contributed by atoms with E-state index in [2.05, 4.69) is 23.5 Å². The molecule has 0 aliphatic heterocycles. The maximum absolute atomic E-state index is 12.7. The van der Waals surface area contributed by atoms with Crippen molar-refractivity contribution in [3.8, 4) is 0 Å². The smallest absolute Gasteiger partial charge is 0.165 e. The van der Waals surface area contributed by atoms with Gasteiger partial charge in [-0.3, -0.25) is 20.2 Å². The summed E-state index contributed by atoms with van der Waals surface area (Å²) in [6.45, 7) is 7.72. The second-order valence-corrected chi connectivity index (χ2v) is 6.49. The summed E-state index contributed by atoms with van der Waals surface area (Å²) in [6, 6.07) is 0. The number of pyridine rings is 1. The van der Waals surface area contributed by atoms with Crippen molar-refractivity contribution in [3.05, 3.63) is 53.0 Å². The van der Waals surface area contributed by atoms with Gasteiger partial charge in [-0.15, -0.1) is 0 Å². The summed E-state index contributed by atoms with van der Waals surface area (Å²) in [4.78, 5) is 23.0. The molecule has 1 aromatic heterocycles. The molecule has 1 aliphatic carbocycles. The number of carbonyl (C=O) groups is 1. The van der Waals surface area contributed by atoms with Crippen LogP contribution in [0.2, 0.25) is 0 Å². The van der Waals surface area contributed by atoms with Crippen LogP contribution in [-0.4, -0.2) is 41.8 Å². The maximum Gasteiger partial charge on any atom is 0.165 e. The number of rotatable bonds is 5. The molecule has 132 valence electrons. The molecule has 5 heteroatoms. The molecule has 0 saturated carbocycles. The summed E-state index contributed by atoms with van der Waals surface area (Å²) in [5.41, 5.74) is 3.97. The Balaban J connectivity index is 2.65. The van der Waals surface area contributed by atoms with E-state index in [1.807, 2.05) is 19.1 Å². The average Bonchev–Trinajstić information content (AvgIpc) is 2.56. The Labute approximate surface area is 149 Å². The molecule has 0 radical (unpaired) electrons. The minimum absolute atomic E-state index is 0.129. The SMILES string of the molecule is C=CN(C)C(=N)c1c(C)nc2c(c1C/C=C\C=NC)C(=O)CC(C)C2. The lowest BCUT2D eigenvalue weighted by molar-refractivity contribution is 0.0951. The van der Waals surface area contributed by atoms with Crippen molar-refractivity contribution in [2.24, 2.45) is 10.9 Å². The number of aryl methyl sites for hydroxylation is 1. The Kier molecular flexibility index (Phi) is 6.02. The number of nitrogens with zero attached hydrogens (tertiary/aromatic N) is 3. The Morgan fingerprint density at radius 2 is 2.20 bits per heavy atom. The van der Waals surface area contributed by atoms with Gasteiger partial charge in [-0.2, -0.15) is 0 Å². The zero-order valence-electron chi connectivity index (χ0n) is 15.5. The summed E-state index contributed by atoms with van der Waals surface area (Å²) in [7, 11) is 3.50. The van der Waals surface area contributed by atoms with Crippen molar-refractivity contribution in [3.63, 3.8) is 0 Å². The molecule has 0 spiro atoms. The van der Waals surface area contributed by atoms with Crippen molar-refractivity contribution < 1.29 is 4.79 Å². The van der Waals surface area contributed by atoms with Gasteiger partial charge in [-0.25, -0.2) is 0 Å². The van der Waals surface area contributed by atoms with Crippen LogP contribution in [0.1, 0.15) is 46.2 Å². The molecule has 0 amide bonds. The molecule has 25 heavy (non-hydrogen) atoms. The molecule has 1 atom stereocenters. The summed E-state index contributed by atoms with van der Waals surface area (Å²) in [5, 5.41) is 8.51. The van der Waals surface area contributed by atoms with E-state index in [0.29, 0.717) is 30.2 Å². The van der Waals surface area contributed by atoms with Gasteiger partial charge in [0, 0.05) is 43.6 Å². The van der Waals surface area contributed by atoms with Crippen LogP contribution < -0.4 is 0 Å². The van der Waals surface area contributed by atoms with E-state index < -0.39 is 0 Å². The third-order valence-corrected chi connectivity index (χ3v) is 4.47. The highest BCUT2D eigenvalue weighted by molar-refractivity contribution is 6.05. The summed E-state index contributed by atoms with van der Waals surface area (Å²) in [6.07, 6.45) is 9.05. The summed E-state index contributed by atoms with van der Waals surface area (Å²) >= 11 is 0. The standard InChI is InChI=1S/C20H26N4O/c1-6-24(5)20(21)18-14(3)23-16-11-13(2)12-17(25)19(16)15(18)9-7-8-10-22-4/h6-8,10,13,21H,1,9,11-12H2,2-5H3/b8-7-,21-20?,22-10?. The van der Waals surface area contributed by atoms with Gasteiger partial charge in [0.25, 0.3) is 0 Å². The number of ketones is 1. The molecule has 1 aromatic rings. The number of aliphatic imine (C=N–C) groups is 1. The van der Waals surface area contributed by atoms with E-state index in [-0.39, 0.29) is 5.78 Å². The van der Waals surface area contributed by atoms with E-state index in [0.717, 1.165) is 28.9 Å². The lowest BCUT2D eigenvalue weighted by Crippen LogP contribution is -2.28. The number of hydrogen-bond donors (Lipinski definition) is 1. The molecule has 0 fully saturated rings. The van der Waals surface area contributed by atoms with Crippen molar-refractivity contribution in [1.82, 2.24) is 9.88 Å². The van der Waals surface area contributed by atoms with Crippen LogP contribution in [0.5, 0.6) is 0 Å². The van der Waals surface area contributed by atoms with E-state index in [1.165, 1.54) is 0 Å². The zero-order valence-corrected chi connectivity index (χ0v) is 15.5. The van der Waals surface area contributed by atoms with Crippen LogP contribution in [0.4, 0.5) is 0 Å². The first-order valence-electron chi connectivity index (χ1n) is 8.47. The van der Waals surface area contributed by atoms with Crippen molar-refractivity contribution in [2.45, 2.75) is 33.1 Å². The normalized spacial score (nSPS) is 17.1. The number of fused-ring (bicyclic) bond motifs is 1. The maximum atomic E-state index is 12.7. The molecule has 0 bridgehead atoms. The van der Waals surface area contributed by atoms with Crippen molar-refractivity contribution in [1.29, 1.82) is 5.41 Å². The number of Topliss-reactive ketones (excluding diaryl/α,β-unsaturated/α-hetero) is 1. The van der Waals surface area contributed by atoms with Crippen LogP contribution in [0.3, 0.4) is 0 Å². The third-order valence-electron chi connectivity index (χ3n) is 4.47. The fourth-order valence-corrected chi connectivity index (χ4v) is 3.25. The first-order valence-corrected chi connectivity index (χ1v) is 8.47. The van der Waals surface area contributed by atoms with Gasteiger partial charge in [-0.1, -0.05) is 19.6 Å². The Morgan fingerprint density at radius 3 is 2.84 bits per heavy atom. The Morgan fingerprint density at radius 1 is 1.48 bits per heavy atom. The first kappa shape index (κ1) is 18.8. The van der Waals surface area contributed by atoms with Crippen molar-refractivity contribution >= 4 is 17.8 Å². The van der Waals surface area contributed by atoms with E-state index in [9.17, 15) is 4.79 Å². The number of carbonyl (C=O) groups excluding carboxylic acids is 1.